The summed E-state index contributed by atoms with van der Waals surface area (Å²) in [4.78, 5) is 8.69. The van der Waals surface area contributed by atoms with Crippen LogP contribution < -0.4 is 10.5 Å². The first-order valence-electron chi connectivity index (χ1n) is 5.88. The monoisotopic (exact) mass is 339 g/mol. The van der Waals surface area contributed by atoms with E-state index in [0.717, 1.165) is 20.9 Å². The Morgan fingerprint density at radius 1 is 1.37 bits per heavy atom. The van der Waals surface area contributed by atoms with Crippen molar-refractivity contribution in [3.05, 3.63) is 34.9 Å². The van der Waals surface area contributed by atoms with Crippen LogP contribution in [0.25, 0.3) is 0 Å². The summed E-state index contributed by atoms with van der Waals surface area (Å²) in [5.74, 6) is 0.485. The summed E-state index contributed by atoms with van der Waals surface area (Å²) in [6.07, 6.45) is 2.67. The van der Waals surface area contributed by atoms with Crippen molar-refractivity contribution in [2.45, 2.75) is 23.4 Å². The minimum Gasteiger partial charge on any atom is -0.476 e. The van der Waals surface area contributed by atoms with Crippen molar-refractivity contribution in [3.8, 4) is 5.88 Å². The van der Waals surface area contributed by atoms with Crippen LogP contribution in [-0.2, 0) is 0 Å². The SMILES string of the molecule is CCCOc1nc(Sc2ncccc2Br)ccc1N. The Morgan fingerprint density at radius 2 is 2.21 bits per heavy atom. The quantitative estimate of drug-likeness (QED) is 0.898. The Morgan fingerprint density at radius 3 is 2.95 bits per heavy atom. The third-order valence-electron chi connectivity index (χ3n) is 2.23. The van der Waals surface area contributed by atoms with Crippen LogP contribution in [-0.4, -0.2) is 16.6 Å². The van der Waals surface area contributed by atoms with Crippen LogP contribution in [0.1, 0.15) is 13.3 Å². The molecule has 0 unspecified atom stereocenters. The molecule has 0 saturated heterocycles. The highest BCUT2D eigenvalue weighted by Crippen LogP contribution is 2.32. The summed E-state index contributed by atoms with van der Waals surface area (Å²) in [6, 6.07) is 7.48. The molecule has 0 bridgehead atoms. The summed E-state index contributed by atoms with van der Waals surface area (Å²) in [6.45, 7) is 2.65. The number of nitrogens with two attached hydrogens (primary N) is 1. The minimum atomic E-state index is 0.485. The number of rotatable bonds is 5. The Balaban J connectivity index is 2.19. The standard InChI is InChI=1S/C13H14BrN3OS/c1-2-8-18-12-10(15)5-6-11(17-12)19-13-9(14)4-3-7-16-13/h3-7H,2,8,15H2,1H3. The van der Waals surface area contributed by atoms with Crippen molar-refractivity contribution < 1.29 is 4.74 Å². The van der Waals surface area contributed by atoms with Gasteiger partial charge in [0, 0.05) is 6.20 Å². The second-order valence-electron chi connectivity index (χ2n) is 3.78. The van der Waals surface area contributed by atoms with Gasteiger partial charge in [0.15, 0.2) is 0 Å². The highest BCUT2D eigenvalue weighted by atomic mass is 79.9. The van der Waals surface area contributed by atoms with E-state index in [0.29, 0.717) is 18.2 Å². The van der Waals surface area contributed by atoms with Crippen LogP contribution in [0, 0.1) is 0 Å². The summed E-state index contributed by atoms with van der Waals surface area (Å²) in [5.41, 5.74) is 6.39. The summed E-state index contributed by atoms with van der Waals surface area (Å²) in [5, 5.41) is 1.67. The lowest BCUT2D eigenvalue weighted by molar-refractivity contribution is 0.305. The molecule has 0 saturated carbocycles. The number of anilines is 1. The average molecular weight is 340 g/mol. The summed E-state index contributed by atoms with van der Waals surface area (Å²) in [7, 11) is 0. The van der Waals surface area contributed by atoms with E-state index in [1.807, 2.05) is 25.1 Å². The molecule has 0 aliphatic rings. The first-order valence-corrected chi connectivity index (χ1v) is 7.49. The number of aromatic nitrogens is 2. The molecule has 2 aromatic rings. The topological polar surface area (TPSA) is 61.0 Å². The van der Waals surface area contributed by atoms with Crippen LogP contribution in [0.4, 0.5) is 5.69 Å². The van der Waals surface area contributed by atoms with Gasteiger partial charge in [-0.2, -0.15) is 0 Å². The van der Waals surface area contributed by atoms with Crippen molar-refractivity contribution in [3.63, 3.8) is 0 Å². The molecule has 0 aromatic carbocycles. The van der Waals surface area contributed by atoms with E-state index in [4.69, 9.17) is 10.5 Å². The number of nitrogen functional groups attached to an aromatic ring is 1. The van der Waals surface area contributed by atoms with Crippen molar-refractivity contribution >= 4 is 33.4 Å². The molecule has 100 valence electrons. The van der Waals surface area contributed by atoms with Crippen LogP contribution in [0.3, 0.4) is 0 Å². The second kappa shape index (κ2) is 6.77. The Hall–Kier alpha value is -1.27. The molecule has 2 rings (SSSR count). The fraction of sp³-hybridized carbons (Fsp3) is 0.231. The van der Waals surface area contributed by atoms with Crippen LogP contribution in [0.5, 0.6) is 5.88 Å². The largest absolute Gasteiger partial charge is 0.476 e. The Labute approximate surface area is 124 Å². The first kappa shape index (κ1) is 14.1. The molecular formula is C13H14BrN3OS. The number of ether oxygens (including phenoxy) is 1. The number of halogens is 1. The molecule has 0 aliphatic carbocycles. The highest BCUT2D eigenvalue weighted by Gasteiger charge is 2.08. The molecule has 0 aliphatic heterocycles. The van der Waals surface area contributed by atoms with Gasteiger partial charge in [-0.1, -0.05) is 6.92 Å². The van der Waals surface area contributed by atoms with E-state index in [9.17, 15) is 0 Å². The second-order valence-corrected chi connectivity index (χ2v) is 5.65. The third kappa shape index (κ3) is 3.84. The molecule has 2 aromatic heterocycles. The van der Waals surface area contributed by atoms with E-state index < -0.39 is 0 Å². The molecule has 0 spiro atoms. The smallest absolute Gasteiger partial charge is 0.238 e. The number of nitrogens with zero attached hydrogens (tertiary/aromatic N) is 2. The van der Waals surface area contributed by atoms with E-state index in [1.54, 1.807) is 12.3 Å². The fourth-order valence-electron chi connectivity index (χ4n) is 1.35. The number of hydrogen-bond donors (Lipinski definition) is 1. The van der Waals surface area contributed by atoms with E-state index in [2.05, 4.69) is 25.9 Å². The lowest BCUT2D eigenvalue weighted by Crippen LogP contribution is -2.01. The van der Waals surface area contributed by atoms with E-state index in [1.165, 1.54) is 11.8 Å². The van der Waals surface area contributed by atoms with Gasteiger partial charge in [-0.05, 0) is 58.4 Å². The highest BCUT2D eigenvalue weighted by molar-refractivity contribution is 9.10. The first-order chi connectivity index (χ1) is 9.20. The number of hydrogen-bond acceptors (Lipinski definition) is 5. The molecule has 0 radical (unpaired) electrons. The number of pyridine rings is 2. The van der Waals surface area contributed by atoms with Gasteiger partial charge in [-0.25, -0.2) is 9.97 Å². The summed E-state index contributed by atoms with van der Waals surface area (Å²) < 4.78 is 6.45. The van der Waals surface area contributed by atoms with Crippen molar-refractivity contribution in [1.82, 2.24) is 9.97 Å². The van der Waals surface area contributed by atoms with Gasteiger partial charge < -0.3 is 10.5 Å². The lowest BCUT2D eigenvalue weighted by atomic mass is 10.4. The van der Waals surface area contributed by atoms with Gasteiger partial charge in [0.1, 0.15) is 10.1 Å². The molecule has 2 N–H and O–H groups in total. The minimum absolute atomic E-state index is 0.485. The van der Waals surface area contributed by atoms with Crippen molar-refractivity contribution in [1.29, 1.82) is 0 Å². The molecule has 2 heterocycles. The maximum Gasteiger partial charge on any atom is 0.238 e. The maximum absolute atomic E-state index is 5.83. The van der Waals surface area contributed by atoms with Crippen LogP contribution in [0.2, 0.25) is 0 Å². The Kier molecular flexibility index (Phi) is 5.04. The molecule has 0 atom stereocenters. The van der Waals surface area contributed by atoms with Gasteiger partial charge in [-0.15, -0.1) is 0 Å². The average Bonchev–Trinajstić information content (AvgIpc) is 2.42. The fourth-order valence-corrected chi connectivity index (χ4v) is 2.59. The van der Waals surface area contributed by atoms with Gasteiger partial charge in [0.25, 0.3) is 0 Å². The molecule has 19 heavy (non-hydrogen) atoms. The zero-order chi connectivity index (χ0) is 13.7. The predicted octanol–water partition coefficient (Wildman–Crippen LogP) is 3.76. The van der Waals surface area contributed by atoms with E-state index in [-0.39, 0.29) is 0 Å². The van der Waals surface area contributed by atoms with Crippen molar-refractivity contribution in [2.75, 3.05) is 12.3 Å². The van der Waals surface area contributed by atoms with Crippen LogP contribution >= 0.6 is 27.7 Å². The van der Waals surface area contributed by atoms with Gasteiger partial charge in [-0.3, -0.25) is 0 Å². The Bertz CT molecular complexity index is 565. The van der Waals surface area contributed by atoms with Gasteiger partial charge in [0.05, 0.1) is 16.8 Å². The lowest BCUT2D eigenvalue weighted by Gasteiger charge is -2.08. The molecule has 6 heteroatoms. The van der Waals surface area contributed by atoms with Crippen molar-refractivity contribution in [2.24, 2.45) is 0 Å². The van der Waals surface area contributed by atoms with E-state index >= 15 is 0 Å². The van der Waals surface area contributed by atoms with Gasteiger partial charge in [0.2, 0.25) is 5.88 Å². The maximum atomic E-state index is 5.83. The van der Waals surface area contributed by atoms with Crippen LogP contribution in [0.15, 0.2) is 45.0 Å². The third-order valence-corrected chi connectivity index (χ3v) is 4.09. The summed E-state index contributed by atoms with van der Waals surface area (Å²) >= 11 is 4.93. The molecule has 4 nitrogen and oxygen atoms in total. The molecule has 0 amide bonds. The normalized spacial score (nSPS) is 10.4. The molecule has 0 fully saturated rings. The van der Waals surface area contributed by atoms with Gasteiger partial charge >= 0.3 is 0 Å². The zero-order valence-electron chi connectivity index (χ0n) is 10.5. The molecular weight excluding hydrogens is 326 g/mol. The predicted molar refractivity (Wildman–Crippen MR) is 80.5 cm³/mol. The zero-order valence-corrected chi connectivity index (χ0v) is 12.9.